The lowest BCUT2D eigenvalue weighted by molar-refractivity contribution is 0.131. The Bertz CT molecular complexity index is 842. The fraction of sp³-hybridized carbons (Fsp3) is 0.565. The minimum Gasteiger partial charge on any atom is -0.496 e. The Kier molecular flexibility index (Phi) is 6.43. The van der Waals surface area contributed by atoms with Crippen LogP contribution in [0.5, 0.6) is 5.75 Å². The van der Waals surface area contributed by atoms with Crippen molar-refractivity contribution in [3.8, 4) is 5.75 Å². The summed E-state index contributed by atoms with van der Waals surface area (Å²) < 4.78 is 11.0. The maximum atomic E-state index is 5.64. The number of likely N-dealkylation sites (tertiary alicyclic amines) is 1. The third-order valence-corrected chi connectivity index (χ3v) is 6.08. The van der Waals surface area contributed by atoms with Gasteiger partial charge < -0.3 is 14.4 Å². The molecule has 6 nitrogen and oxygen atoms in total. The van der Waals surface area contributed by atoms with Crippen LogP contribution in [0.15, 0.2) is 24.4 Å². The third-order valence-electron chi connectivity index (χ3n) is 6.08. The SMILES string of the molecule is COCc1ccc(OC)c(CN2CCCC[C@@H]2c2ncc3c(n2)CCN(C)C3)c1. The lowest BCUT2D eigenvalue weighted by Gasteiger charge is -2.35. The highest BCUT2D eigenvalue weighted by molar-refractivity contribution is 5.37. The van der Waals surface area contributed by atoms with Crippen molar-refractivity contribution in [1.82, 2.24) is 19.8 Å². The van der Waals surface area contributed by atoms with Crippen LogP contribution in [0.3, 0.4) is 0 Å². The van der Waals surface area contributed by atoms with Gasteiger partial charge in [0, 0.05) is 56.2 Å². The monoisotopic (exact) mass is 396 g/mol. The molecule has 0 spiro atoms. The van der Waals surface area contributed by atoms with Crippen molar-refractivity contribution in [3.63, 3.8) is 0 Å². The van der Waals surface area contributed by atoms with Crippen LogP contribution in [0.2, 0.25) is 0 Å². The molecule has 0 aliphatic carbocycles. The van der Waals surface area contributed by atoms with Crippen LogP contribution in [0, 0.1) is 0 Å². The summed E-state index contributed by atoms with van der Waals surface area (Å²) in [6, 6.07) is 6.60. The van der Waals surface area contributed by atoms with E-state index >= 15 is 0 Å². The molecule has 0 saturated carbocycles. The van der Waals surface area contributed by atoms with Crippen molar-refractivity contribution in [1.29, 1.82) is 0 Å². The number of likely N-dealkylation sites (N-methyl/N-ethyl adjacent to an activating group) is 1. The summed E-state index contributed by atoms with van der Waals surface area (Å²) in [6.45, 7) is 4.54. The number of hydrogen-bond acceptors (Lipinski definition) is 6. The van der Waals surface area contributed by atoms with E-state index in [1.807, 2.05) is 0 Å². The van der Waals surface area contributed by atoms with Crippen molar-refractivity contribution < 1.29 is 9.47 Å². The van der Waals surface area contributed by atoms with Crippen molar-refractivity contribution in [2.45, 2.75) is 51.4 Å². The molecule has 6 heteroatoms. The average Bonchev–Trinajstić information content (AvgIpc) is 2.74. The smallest absolute Gasteiger partial charge is 0.145 e. The van der Waals surface area contributed by atoms with Crippen LogP contribution in [0.1, 0.15) is 53.5 Å². The maximum Gasteiger partial charge on any atom is 0.145 e. The lowest BCUT2D eigenvalue weighted by Crippen LogP contribution is -2.35. The van der Waals surface area contributed by atoms with Crippen molar-refractivity contribution in [2.24, 2.45) is 0 Å². The van der Waals surface area contributed by atoms with E-state index in [2.05, 4.69) is 41.2 Å². The van der Waals surface area contributed by atoms with Crippen LogP contribution in [-0.2, 0) is 30.9 Å². The molecule has 2 aliphatic rings. The standard InChI is InChI=1S/C23H32N4O2/c1-26-11-9-20-19(14-26)13-24-23(25-20)21-6-4-5-10-27(21)15-18-12-17(16-28-2)7-8-22(18)29-3/h7-8,12-13,21H,4-6,9-11,14-16H2,1-3H3/t21-/m1/s1. The van der Waals surface area contributed by atoms with E-state index in [1.165, 1.54) is 35.2 Å². The second-order valence-electron chi connectivity index (χ2n) is 8.25. The Morgan fingerprint density at radius 2 is 2.07 bits per heavy atom. The highest BCUT2D eigenvalue weighted by Crippen LogP contribution is 2.33. The molecule has 0 amide bonds. The van der Waals surface area contributed by atoms with Crippen molar-refractivity contribution in [3.05, 3.63) is 52.6 Å². The molecular formula is C23H32N4O2. The fourth-order valence-corrected chi connectivity index (χ4v) is 4.54. The second-order valence-corrected chi connectivity index (χ2v) is 8.25. The van der Waals surface area contributed by atoms with Crippen LogP contribution >= 0.6 is 0 Å². The van der Waals surface area contributed by atoms with Gasteiger partial charge in [0.1, 0.15) is 11.6 Å². The van der Waals surface area contributed by atoms with Gasteiger partial charge in [-0.15, -0.1) is 0 Å². The molecule has 2 aromatic rings. The van der Waals surface area contributed by atoms with E-state index in [1.54, 1.807) is 14.2 Å². The minimum atomic E-state index is 0.268. The van der Waals surface area contributed by atoms with Gasteiger partial charge >= 0.3 is 0 Å². The zero-order chi connectivity index (χ0) is 20.2. The lowest BCUT2D eigenvalue weighted by atomic mass is 9.99. The van der Waals surface area contributed by atoms with Gasteiger partial charge in [0.15, 0.2) is 0 Å². The highest BCUT2D eigenvalue weighted by atomic mass is 16.5. The largest absolute Gasteiger partial charge is 0.496 e. The van der Waals surface area contributed by atoms with E-state index in [4.69, 9.17) is 19.4 Å². The van der Waals surface area contributed by atoms with E-state index in [0.29, 0.717) is 6.61 Å². The second kappa shape index (κ2) is 9.20. The number of piperidine rings is 1. The Labute approximate surface area is 173 Å². The topological polar surface area (TPSA) is 50.7 Å². The number of benzene rings is 1. The molecular weight excluding hydrogens is 364 g/mol. The minimum absolute atomic E-state index is 0.268. The molecule has 4 rings (SSSR count). The van der Waals surface area contributed by atoms with Crippen LogP contribution in [-0.4, -0.2) is 54.1 Å². The highest BCUT2D eigenvalue weighted by Gasteiger charge is 2.28. The molecule has 156 valence electrons. The first-order valence-electron chi connectivity index (χ1n) is 10.6. The predicted molar refractivity (Wildman–Crippen MR) is 113 cm³/mol. The molecule has 29 heavy (non-hydrogen) atoms. The van der Waals surface area contributed by atoms with Crippen LogP contribution in [0.4, 0.5) is 0 Å². The van der Waals surface area contributed by atoms with E-state index in [9.17, 15) is 0 Å². The summed E-state index contributed by atoms with van der Waals surface area (Å²) in [5.74, 6) is 1.92. The Balaban J connectivity index is 1.58. The number of methoxy groups -OCH3 is 2. The predicted octanol–water partition coefficient (Wildman–Crippen LogP) is 3.35. The Morgan fingerprint density at radius 1 is 1.17 bits per heavy atom. The molecule has 0 bridgehead atoms. The van der Waals surface area contributed by atoms with Gasteiger partial charge in [0.2, 0.25) is 0 Å². The number of rotatable bonds is 6. The Hall–Kier alpha value is -2.02. The molecule has 3 heterocycles. The number of aromatic nitrogens is 2. The van der Waals surface area contributed by atoms with Gasteiger partial charge in [-0.25, -0.2) is 9.97 Å². The van der Waals surface area contributed by atoms with Gasteiger partial charge in [0.05, 0.1) is 19.8 Å². The molecule has 1 fully saturated rings. The summed E-state index contributed by atoms with van der Waals surface area (Å²) in [5, 5.41) is 0. The molecule has 1 saturated heterocycles. The summed E-state index contributed by atoms with van der Waals surface area (Å²) in [6.07, 6.45) is 6.62. The van der Waals surface area contributed by atoms with Gasteiger partial charge in [0.25, 0.3) is 0 Å². The number of nitrogens with zero attached hydrogens (tertiary/aromatic N) is 4. The molecule has 1 atom stereocenters. The van der Waals surface area contributed by atoms with E-state index in [0.717, 1.165) is 50.6 Å². The maximum absolute atomic E-state index is 5.64. The third kappa shape index (κ3) is 4.60. The zero-order valence-electron chi connectivity index (χ0n) is 17.9. The van der Waals surface area contributed by atoms with Crippen molar-refractivity contribution >= 4 is 0 Å². The summed E-state index contributed by atoms with van der Waals surface area (Å²) in [7, 11) is 5.63. The van der Waals surface area contributed by atoms with Gasteiger partial charge in [-0.1, -0.05) is 12.5 Å². The number of hydrogen-bond donors (Lipinski definition) is 0. The van der Waals surface area contributed by atoms with E-state index < -0.39 is 0 Å². The Morgan fingerprint density at radius 3 is 2.90 bits per heavy atom. The molecule has 1 aromatic heterocycles. The zero-order valence-corrected chi connectivity index (χ0v) is 17.9. The van der Waals surface area contributed by atoms with Crippen LogP contribution in [0.25, 0.3) is 0 Å². The number of fused-ring (bicyclic) bond motifs is 1. The van der Waals surface area contributed by atoms with Gasteiger partial charge in [-0.05, 0) is 44.1 Å². The van der Waals surface area contributed by atoms with Gasteiger partial charge in [-0.2, -0.15) is 0 Å². The molecule has 0 unspecified atom stereocenters. The first kappa shape index (κ1) is 20.3. The average molecular weight is 397 g/mol. The summed E-state index contributed by atoms with van der Waals surface area (Å²) >= 11 is 0. The molecule has 0 N–H and O–H groups in total. The molecule has 2 aliphatic heterocycles. The van der Waals surface area contributed by atoms with Crippen molar-refractivity contribution in [2.75, 3.05) is 34.4 Å². The first-order valence-corrected chi connectivity index (χ1v) is 10.6. The fourth-order valence-electron chi connectivity index (χ4n) is 4.54. The quantitative estimate of drug-likeness (QED) is 0.746. The number of ether oxygens (including phenoxy) is 2. The van der Waals surface area contributed by atoms with Crippen LogP contribution < -0.4 is 4.74 Å². The molecule has 1 aromatic carbocycles. The first-order chi connectivity index (χ1) is 14.2. The van der Waals surface area contributed by atoms with E-state index in [-0.39, 0.29) is 6.04 Å². The molecule has 0 radical (unpaired) electrons. The summed E-state index contributed by atoms with van der Waals surface area (Å²) in [4.78, 5) is 14.7. The van der Waals surface area contributed by atoms with Gasteiger partial charge in [-0.3, -0.25) is 4.90 Å². The normalized spacial score (nSPS) is 20.4. The summed E-state index contributed by atoms with van der Waals surface area (Å²) in [5.41, 5.74) is 4.89.